The molecule has 10 heteroatoms. The van der Waals surface area contributed by atoms with Crippen molar-refractivity contribution in [3.63, 3.8) is 0 Å². The molecule has 0 aliphatic carbocycles. The average Bonchev–Trinajstić information content (AvgIpc) is 3.32. The normalized spacial score (nSPS) is 16.4. The van der Waals surface area contributed by atoms with E-state index in [1.54, 1.807) is 12.1 Å². The lowest BCUT2D eigenvalue weighted by atomic mass is 10.1. The van der Waals surface area contributed by atoms with Crippen molar-refractivity contribution >= 4 is 41.5 Å². The highest BCUT2D eigenvalue weighted by Gasteiger charge is 2.25. The molecule has 3 rings (SSSR count). The van der Waals surface area contributed by atoms with Gasteiger partial charge in [-0.1, -0.05) is 12.1 Å². The second-order valence-corrected chi connectivity index (χ2v) is 8.06. The number of hydrogen-bond acceptors (Lipinski definition) is 6. The van der Waals surface area contributed by atoms with E-state index in [1.807, 2.05) is 38.1 Å². The minimum atomic E-state index is -0.888. The number of nitrogens with one attached hydrogen (secondary N) is 3. The summed E-state index contributed by atoms with van der Waals surface area (Å²) in [5, 5.41) is 20.0. The van der Waals surface area contributed by atoms with Crippen LogP contribution in [0, 0.1) is 0 Å². The fourth-order valence-corrected chi connectivity index (χ4v) is 3.38. The highest BCUT2D eigenvalue weighted by molar-refractivity contribution is 14.0. The Morgan fingerprint density at radius 3 is 2.55 bits per heavy atom. The number of ether oxygens (including phenoxy) is 1. The lowest BCUT2D eigenvalue weighted by molar-refractivity contribution is -0.0201. The Hall–Kier alpha value is -2.15. The molecule has 2 heterocycles. The van der Waals surface area contributed by atoms with E-state index in [1.165, 1.54) is 6.26 Å². The van der Waals surface area contributed by atoms with Gasteiger partial charge in [0.15, 0.2) is 11.7 Å². The third-order valence-electron chi connectivity index (χ3n) is 5.03. The second-order valence-electron chi connectivity index (χ2n) is 8.06. The SMILES string of the molecule is CCNC(=NCc1ccc(NC(=O)c2ccco2)cc1)NCC(C)(O)CN1CCOCC1.I. The van der Waals surface area contributed by atoms with Gasteiger partial charge in [-0.25, -0.2) is 4.99 Å². The molecule has 1 aliphatic rings. The highest BCUT2D eigenvalue weighted by atomic mass is 127. The fraction of sp³-hybridized carbons (Fsp3) is 0.478. The largest absolute Gasteiger partial charge is 0.459 e. The lowest BCUT2D eigenvalue weighted by Gasteiger charge is -2.34. The summed E-state index contributed by atoms with van der Waals surface area (Å²) in [4.78, 5) is 18.9. The third-order valence-corrected chi connectivity index (χ3v) is 5.03. The molecule has 2 aromatic rings. The van der Waals surface area contributed by atoms with Crippen molar-refractivity contribution in [2.24, 2.45) is 4.99 Å². The predicted octanol–water partition coefficient (Wildman–Crippen LogP) is 2.29. The van der Waals surface area contributed by atoms with Gasteiger partial charge in [0, 0.05) is 38.4 Å². The van der Waals surface area contributed by atoms with E-state index in [2.05, 4.69) is 25.8 Å². The molecule has 1 saturated heterocycles. The highest BCUT2D eigenvalue weighted by Crippen LogP contribution is 2.13. The maximum absolute atomic E-state index is 12.1. The van der Waals surface area contributed by atoms with Crippen molar-refractivity contribution in [2.45, 2.75) is 26.0 Å². The number of guanidine groups is 1. The monoisotopic (exact) mass is 571 g/mol. The van der Waals surface area contributed by atoms with Crippen LogP contribution in [0.5, 0.6) is 0 Å². The van der Waals surface area contributed by atoms with Gasteiger partial charge in [0.25, 0.3) is 5.91 Å². The van der Waals surface area contributed by atoms with E-state index in [9.17, 15) is 9.90 Å². The van der Waals surface area contributed by atoms with E-state index in [-0.39, 0.29) is 35.6 Å². The molecule has 1 aromatic carbocycles. The second kappa shape index (κ2) is 13.5. The van der Waals surface area contributed by atoms with Crippen LogP contribution in [0.25, 0.3) is 0 Å². The minimum absolute atomic E-state index is 0. The van der Waals surface area contributed by atoms with Crippen LogP contribution in [-0.2, 0) is 11.3 Å². The molecule has 1 amide bonds. The summed E-state index contributed by atoms with van der Waals surface area (Å²) >= 11 is 0. The first-order valence-corrected chi connectivity index (χ1v) is 10.9. The number of aliphatic hydroxyl groups is 1. The number of carbonyl (C=O) groups is 1. The topological polar surface area (TPSA) is 111 Å². The maximum Gasteiger partial charge on any atom is 0.291 e. The van der Waals surface area contributed by atoms with Crippen LogP contribution in [0.4, 0.5) is 5.69 Å². The molecular weight excluding hydrogens is 537 g/mol. The number of furan rings is 1. The van der Waals surface area contributed by atoms with E-state index in [4.69, 9.17) is 9.15 Å². The standard InChI is InChI=1S/C23H33N5O4.HI/c1-3-24-22(26-16-23(2,30)17-28-10-13-31-14-11-28)25-15-18-6-8-19(9-7-18)27-21(29)20-5-4-12-32-20;/h4-9,12,30H,3,10-11,13-17H2,1-2H3,(H,27,29)(H2,24,25,26);1H. The molecular formula is C23H34IN5O4. The number of β-amino-alcohol motifs (C(OH)–C–C–N with tert-alkyl or cyclic N) is 1. The number of benzene rings is 1. The van der Waals surface area contributed by atoms with Crippen molar-refractivity contribution in [2.75, 3.05) is 51.3 Å². The van der Waals surface area contributed by atoms with Crippen molar-refractivity contribution in [3.8, 4) is 0 Å². The third kappa shape index (κ3) is 9.32. The van der Waals surface area contributed by atoms with E-state index in [0.29, 0.717) is 44.5 Å². The van der Waals surface area contributed by atoms with E-state index >= 15 is 0 Å². The van der Waals surface area contributed by atoms with E-state index in [0.717, 1.165) is 25.2 Å². The van der Waals surface area contributed by atoms with Crippen molar-refractivity contribution < 1.29 is 19.1 Å². The fourth-order valence-electron chi connectivity index (χ4n) is 3.38. The number of carbonyl (C=O) groups excluding carboxylic acids is 1. The molecule has 0 saturated carbocycles. The van der Waals surface area contributed by atoms with Crippen LogP contribution in [0.15, 0.2) is 52.1 Å². The van der Waals surface area contributed by atoms with Gasteiger partial charge in [0.05, 0.1) is 31.6 Å². The number of halogens is 1. The number of morpholine rings is 1. The molecule has 0 radical (unpaired) electrons. The Morgan fingerprint density at radius 2 is 1.91 bits per heavy atom. The Bertz CT molecular complexity index is 865. The molecule has 1 fully saturated rings. The van der Waals surface area contributed by atoms with Gasteiger partial charge in [-0.15, -0.1) is 24.0 Å². The van der Waals surface area contributed by atoms with Crippen molar-refractivity contribution in [1.29, 1.82) is 0 Å². The smallest absolute Gasteiger partial charge is 0.291 e. The molecule has 9 nitrogen and oxygen atoms in total. The molecule has 1 aliphatic heterocycles. The molecule has 182 valence electrons. The van der Waals surface area contributed by atoms with Gasteiger partial charge >= 0.3 is 0 Å². The van der Waals surface area contributed by atoms with Crippen LogP contribution in [-0.4, -0.2) is 73.4 Å². The maximum atomic E-state index is 12.1. The van der Waals surface area contributed by atoms with Gasteiger partial charge in [0.2, 0.25) is 0 Å². The number of amides is 1. The number of aliphatic imine (C=N–C) groups is 1. The van der Waals surface area contributed by atoms with E-state index < -0.39 is 5.60 Å². The Kier molecular flexibility index (Phi) is 11.1. The molecule has 1 unspecified atom stereocenters. The number of hydrogen-bond donors (Lipinski definition) is 4. The van der Waals surface area contributed by atoms with Crippen LogP contribution in [0.3, 0.4) is 0 Å². The summed E-state index contributed by atoms with van der Waals surface area (Å²) in [6, 6.07) is 10.8. The number of anilines is 1. The quantitative estimate of drug-likeness (QED) is 0.208. The molecule has 0 bridgehead atoms. The number of nitrogens with zero attached hydrogens (tertiary/aromatic N) is 2. The summed E-state index contributed by atoms with van der Waals surface area (Å²) in [6.07, 6.45) is 1.47. The zero-order valence-corrected chi connectivity index (χ0v) is 21.5. The first-order chi connectivity index (χ1) is 15.4. The number of rotatable bonds is 9. The summed E-state index contributed by atoms with van der Waals surface area (Å²) in [7, 11) is 0. The summed E-state index contributed by atoms with van der Waals surface area (Å²) in [6.45, 7) is 9.06. The molecule has 1 aromatic heterocycles. The molecule has 1 atom stereocenters. The first-order valence-electron chi connectivity index (χ1n) is 10.9. The van der Waals surface area contributed by atoms with Gasteiger partial charge in [-0.3, -0.25) is 9.69 Å². The Morgan fingerprint density at radius 1 is 1.18 bits per heavy atom. The van der Waals surface area contributed by atoms with Crippen LogP contribution in [0.2, 0.25) is 0 Å². The molecule has 0 spiro atoms. The summed E-state index contributed by atoms with van der Waals surface area (Å²) in [5.74, 6) is 0.623. The van der Waals surface area contributed by atoms with Crippen LogP contribution in [0.1, 0.15) is 30.0 Å². The Labute approximate surface area is 212 Å². The van der Waals surface area contributed by atoms with Gasteiger partial charge < -0.3 is 30.2 Å². The first kappa shape index (κ1) is 27.1. The molecule has 33 heavy (non-hydrogen) atoms. The summed E-state index contributed by atoms with van der Waals surface area (Å²) in [5.41, 5.74) is 0.795. The zero-order chi connectivity index (χ0) is 22.8. The van der Waals surface area contributed by atoms with Crippen molar-refractivity contribution in [1.82, 2.24) is 15.5 Å². The lowest BCUT2D eigenvalue weighted by Crippen LogP contribution is -2.52. The van der Waals surface area contributed by atoms with Crippen LogP contribution < -0.4 is 16.0 Å². The van der Waals surface area contributed by atoms with Gasteiger partial charge in [-0.2, -0.15) is 0 Å². The Balaban J connectivity index is 0.00000385. The van der Waals surface area contributed by atoms with Gasteiger partial charge in [-0.05, 0) is 43.7 Å². The van der Waals surface area contributed by atoms with Crippen molar-refractivity contribution in [3.05, 3.63) is 54.0 Å². The van der Waals surface area contributed by atoms with Gasteiger partial charge in [0.1, 0.15) is 0 Å². The average molecular weight is 571 g/mol. The minimum Gasteiger partial charge on any atom is -0.459 e. The summed E-state index contributed by atoms with van der Waals surface area (Å²) < 4.78 is 10.5. The molecule has 4 N–H and O–H groups in total. The van der Waals surface area contributed by atoms with Crippen LogP contribution >= 0.6 is 24.0 Å². The zero-order valence-electron chi connectivity index (χ0n) is 19.2. The predicted molar refractivity (Wildman–Crippen MR) is 139 cm³/mol.